The van der Waals surface area contributed by atoms with Gasteiger partial charge in [0.1, 0.15) is 10.4 Å². The maximum Gasteiger partial charge on any atom is 0.114 e. The van der Waals surface area contributed by atoms with Gasteiger partial charge in [-0.25, -0.2) is 4.98 Å². The summed E-state index contributed by atoms with van der Waals surface area (Å²) in [6.45, 7) is 3.72. The third-order valence-corrected chi connectivity index (χ3v) is 4.04. The van der Waals surface area contributed by atoms with Crippen molar-refractivity contribution in [3.63, 3.8) is 0 Å². The number of nitrogens with zero attached hydrogens (tertiary/aromatic N) is 2. The summed E-state index contributed by atoms with van der Waals surface area (Å²) in [5, 5.41) is 10.5. The van der Waals surface area contributed by atoms with Gasteiger partial charge in [0, 0.05) is 0 Å². The largest absolute Gasteiger partial charge is 0.239 e. The van der Waals surface area contributed by atoms with E-state index in [1.165, 1.54) is 11.3 Å². The van der Waals surface area contributed by atoms with E-state index >= 15 is 0 Å². The van der Waals surface area contributed by atoms with Gasteiger partial charge in [0.2, 0.25) is 0 Å². The molecule has 76 valence electrons. The van der Waals surface area contributed by atoms with Crippen molar-refractivity contribution in [2.24, 2.45) is 0 Å². The first-order valence-electron chi connectivity index (χ1n) is 4.51. The minimum absolute atomic E-state index is 0.549. The van der Waals surface area contributed by atoms with Gasteiger partial charge in [-0.2, -0.15) is 5.26 Å². The predicted octanol–water partition coefficient (Wildman–Crippen LogP) is 3.75. The molecular weight excluding hydrogens is 228 g/mol. The molecule has 0 amide bonds. The van der Waals surface area contributed by atoms with Crippen molar-refractivity contribution in [3.05, 3.63) is 28.2 Å². The van der Waals surface area contributed by atoms with Crippen LogP contribution in [0, 0.1) is 11.3 Å². The van der Waals surface area contributed by atoms with Gasteiger partial charge < -0.3 is 0 Å². The van der Waals surface area contributed by atoms with E-state index in [1.54, 1.807) is 0 Å². The second-order valence-electron chi connectivity index (χ2n) is 3.84. The monoisotopic (exact) mass is 236 g/mol. The summed E-state index contributed by atoms with van der Waals surface area (Å²) in [7, 11) is 0. The summed E-state index contributed by atoms with van der Waals surface area (Å²) in [5.74, 6) is 0. The van der Waals surface area contributed by atoms with E-state index in [4.69, 9.17) is 16.9 Å². The quantitative estimate of drug-likeness (QED) is 0.756. The Morgan fingerprint density at radius 3 is 2.80 bits per heavy atom. The maximum atomic E-state index is 9.03. The van der Waals surface area contributed by atoms with E-state index in [-0.39, 0.29) is 0 Å². The standard InChI is InChI=1S/C11H9ClN2S/c1-11(2,6-13)10-14-8-5-3-4-7(12)9(8)15-10/h3-5H,1-2H3. The van der Waals surface area contributed by atoms with E-state index in [0.717, 1.165) is 15.2 Å². The van der Waals surface area contributed by atoms with Crippen molar-refractivity contribution in [2.45, 2.75) is 19.3 Å². The van der Waals surface area contributed by atoms with Crippen molar-refractivity contribution in [1.29, 1.82) is 5.26 Å². The number of rotatable bonds is 1. The van der Waals surface area contributed by atoms with Crippen LogP contribution < -0.4 is 0 Å². The van der Waals surface area contributed by atoms with Gasteiger partial charge in [-0.05, 0) is 26.0 Å². The second kappa shape index (κ2) is 3.48. The highest BCUT2D eigenvalue weighted by molar-refractivity contribution is 7.19. The number of benzene rings is 1. The van der Waals surface area contributed by atoms with Crippen LogP contribution in [0.2, 0.25) is 5.02 Å². The lowest BCUT2D eigenvalue weighted by Gasteiger charge is -2.09. The average molecular weight is 237 g/mol. The fourth-order valence-electron chi connectivity index (χ4n) is 1.23. The van der Waals surface area contributed by atoms with Gasteiger partial charge >= 0.3 is 0 Å². The van der Waals surface area contributed by atoms with Crippen molar-refractivity contribution in [1.82, 2.24) is 4.98 Å². The Labute approximate surface area is 97.1 Å². The SMILES string of the molecule is CC(C)(C#N)c1nc2cccc(Cl)c2s1. The van der Waals surface area contributed by atoms with Gasteiger partial charge in [0.15, 0.2) is 0 Å². The molecule has 0 atom stereocenters. The lowest BCUT2D eigenvalue weighted by Crippen LogP contribution is -2.12. The second-order valence-corrected chi connectivity index (χ2v) is 5.25. The topological polar surface area (TPSA) is 36.7 Å². The van der Waals surface area contributed by atoms with Gasteiger partial charge in [0.25, 0.3) is 0 Å². The highest BCUT2D eigenvalue weighted by Gasteiger charge is 2.24. The van der Waals surface area contributed by atoms with Crippen LogP contribution in [-0.2, 0) is 5.41 Å². The van der Waals surface area contributed by atoms with Crippen molar-refractivity contribution < 1.29 is 0 Å². The van der Waals surface area contributed by atoms with E-state index in [1.807, 2.05) is 32.0 Å². The molecule has 0 aliphatic carbocycles. The molecule has 15 heavy (non-hydrogen) atoms. The average Bonchev–Trinajstić information content (AvgIpc) is 2.64. The van der Waals surface area contributed by atoms with Gasteiger partial charge in [-0.15, -0.1) is 11.3 Å². The van der Waals surface area contributed by atoms with Gasteiger partial charge in [-0.1, -0.05) is 17.7 Å². The number of fused-ring (bicyclic) bond motifs is 1. The number of hydrogen-bond donors (Lipinski definition) is 0. The highest BCUT2D eigenvalue weighted by Crippen LogP contribution is 2.34. The first kappa shape index (κ1) is 10.4. The summed E-state index contributed by atoms with van der Waals surface area (Å²) in [5.41, 5.74) is 0.318. The molecule has 0 radical (unpaired) electrons. The highest BCUT2D eigenvalue weighted by atomic mass is 35.5. The molecular formula is C11H9ClN2S. The molecule has 0 N–H and O–H groups in total. The number of hydrogen-bond acceptors (Lipinski definition) is 3. The van der Waals surface area contributed by atoms with Crippen LogP contribution >= 0.6 is 22.9 Å². The molecule has 2 nitrogen and oxygen atoms in total. The molecule has 1 heterocycles. The maximum absolute atomic E-state index is 9.03. The Balaban J connectivity index is 2.68. The summed E-state index contributed by atoms with van der Waals surface area (Å²) >= 11 is 7.54. The number of aromatic nitrogens is 1. The Morgan fingerprint density at radius 1 is 1.47 bits per heavy atom. The summed E-state index contributed by atoms with van der Waals surface area (Å²) in [6.07, 6.45) is 0. The van der Waals surface area contributed by atoms with Crippen LogP contribution in [0.3, 0.4) is 0 Å². The summed E-state index contributed by atoms with van der Waals surface area (Å²) < 4.78 is 0.956. The van der Waals surface area contributed by atoms with Crippen molar-refractivity contribution in [2.75, 3.05) is 0 Å². The number of halogens is 1. The molecule has 2 rings (SSSR count). The number of nitriles is 1. The molecule has 0 aliphatic rings. The number of thiazole rings is 1. The van der Waals surface area contributed by atoms with Crippen LogP contribution in [0.15, 0.2) is 18.2 Å². The normalized spacial score (nSPS) is 11.6. The molecule has 0 saturated carbocycles. The molecule has 2 aromatic rings. The Kier molecular flexibility index (Phi) is 2.41. The molecule has 0 unspecified atom stereocenters. The van der Waals surface area contributed by atoms with E-state index in [0.29, 0.717) is 5.02 Å². The molecule has 0 aliphatic heterocycles. The minimum atomic E-state index is -0.549. The predicted molar refractivity (Wildman–Crippen MR) is 63.3 cm³/mol. The zero-order chi connectivity index (χ0) is 11.1. The lowest BCUT2D eigenvalue weighted by molar-refractivity contribution is 0.682. The smallest absolute Gasteiger partial charge is 0.114 e. The van der Waals surface area contributed by atoms with Gasteiger partial charge in [0.05, 0.1) is 21.3 Å². The molecule has 0 bridgehead atoms. The molecule has 0 fully saturated rings. The Bertz CT molecular complexity index is 551. The Morgan fingerprint density at radius 2 is 2.20 bits per heavy atom. The van der Waals surface area contributed by atoms with Gasteiger partial charge in [-0.3, -0.25) is 0 Å². The molecule has 0 spiro atoms. The van der Waals surface area contributed by atoms with Crippen LogP contribution in [0.25, 0.3) is 10.2 Å². The molecule has 1 aromatic carbocycles. The zero-order valence-electron chi connectivity index (χ0n) is 8.41. The van der Waals surface area contributed by atoms with Crippen LogP contribution in [0.1, 0.15) is 18.9 Å². The third-order valence-electron chi connectivity index (χ3n) is 2.18. The molecule has 0 saturated heterocycles. The third kappa shape index (κ3) is 1.71. The van der Waals surface area contributed by atoms with Crippen molar-refractivity contribution >= 4 is 33.2 Å². The minimum Gasteiger partial charge on any atom is -0.239 e. The van der Waals surface area contributed by atoms with E-state index < -0.39 is 5.41 Å². The fourth-order valence-corrected chi connectivity index (χ4v) is 2.54. The van der Waals surface area contributed by atoms with Crippen LogP contribution in [0.5, 0.6) is 0 Å². The van der Waals surface area contributed by atoms with E-state index in [2.05, 4.69) is 11.1 Å². The first-order valence-corrected chi connectivity index (χ1v) is 5.71. The zero-order valence-corrected chi connectivity index (χ0v) is 9.99. The lowest BCUT2D eigenvalue weighted by atomic mass is 9.97. The Hall–Kier alpha value is -1.11. The van der Waals surface area contributed by atoms with Crippen LogP contribution in [0.4, 0.5) is 0 Å². The summed E-state index contributed by atoms with van der Waals surface area (Å²) in [4.78, 5) is 4.43. The van der Waals surface area contributed by atoms with Crippen molar-refractivity contribution in [3.8, 4) is 6.07 Å². The fraction of sp³-hybridized carbons (Fsp3) is 0.273. The first-order chi connectivity index (χ1) is 7.04. The summed E-state index contributed by atoms with van der Waals surface area (Å²) in [6, 6.07) is 7.86. The molecule has 1 aromatic heterocycles. The van der Waals surface area contributed by atoms with Crippen LogP contribution in [-0.4, -0.2) is 4.98 Å². The molecule has 4 heteroatoms. The van der Waals surface area contributed by atoms with E-state index in [9.17, 15) is 0 Å².